The average molecular weight is 683 g/mol. The molecule has 0 radical (unpaired) electrons. The van der Waals surface area contributed by atoms with E-state index in [0.29, 0.717) is 22.2 Å². The molecule has 0 fully saturated rings. The van der Waals surface area contributed by atoms with Crippen LogP contribution in [-0.4, -0.2) is 50.9 Å². The normalized spacial score (nSPS) is 12.5. The number of methoxy groups -OCH3 is 1. The molecule has 4 aromatic carbocycles. The Balaban J connectivity index is 1.80. The van der Waals surface area contributed by atoms with Crippen LogP contribution >= 0.6 is 23.2 Å². The predicted molar refractivity (Wildman–Crippen MR) is 183 cm³/mol. The molecule has 0 saturated carbocycles. The van der Waals surface area contributed by atoms with E-state index in [1.807, 2.05) is 44.2 Å². The summed E-state index contributed by atoms with van der Waals surface area (Å²) in [6.07, 6.45) is 0.905. The van der Waals surface area contributed by atoms with Crippen LogP contribution in [0, 0.1) is 0 Å². The summed E-state index contributed by atoms with van der Waals surface area (Å²) >= 11 is 12.4. The average Bonchev–Trinajstić information content (AvgIpc) is 3.06. The maximum atomic E-state index is 14.5. The van der Waals surface area contributed by atoms with Gasteiger partial charge < -0.3 is 15.0 Å². The number of hydrogen-bond acceptors (Lipinski definition) is 5. The number of sulfonamides is 1. The van der Waals surface area contributed by atoms with Gasteiger partial charge in [0.25, 0.3) is 10.0 Å². The molecule has 0 aliphatic heterocycles. The van der Waals surface area contributed by atoms with Crippen LogP contribution in [-0.2, 0) is 32.6 Å². The van der Waals surface area contributed by atoms with Crippen molar-refractivity contribution in [3.8, 4) is 5.75 Å². The van der Waals surface area contributed by atoms with Crippen LogP contribution in [0.1, 0.15) is 31.4 Å². The number of hydrogen-bond donors (Lipinski definition) is 1. The maximum Gasteiger partial charge on any atom is 0.264 e. The molecule has 0 heterocycles. The van der Waals surface area contributed by atoms with Crippen molar-refractivity contribution in [3.63, 3.8) is 0 Å². The Morgan fingerprint density at radius 3 is 2.13 bits per heavy atom. The fourth-order valence-electron chi connectivity index (χ4n) is 4.82. The first kappa shape index (κ1) is 34.8. The van der Waals surface area contributed by atoms with E-state index in [0.717, 1.165) is 15.4 Å². The number of carbonyl (C=O) groups is 2. The Labute approximate surface area is 280 Å². The fraction of sp³-hybridized carbons (Fsp3) is 0.257. The third-order valence-electron chi connectivity index (χ3n) is 7.56. The molecule has 0 unspecified atom stereocenters. The standard InChI is InChI=1S/C35H37Cl2N3O5S/c1-4-25(2)38-35(42)33(21-26-9-6-5-7-10-26)39(23-27-13-15-28(36)16-14-27)34(41)24-40(30-12-8-11-29(37)22-30)46(43,44)32-19-17-31(45-3)18-20-32/h5-20,22,25,33H,4,21,23-24H2,1-3H3,(H,38,42)/t25-,33-/m0/s1. The highest BCUT2D eigenvalue weighted by atomic mass is 35.5. The zero-order chi connectivity index (χ0) is 33.3. The van der Waals surface area contributed by atoms with E-state index >= 15 is 0 Å². The molecular formula is C35H37Cl2N3O5S. The molecule has 242 valence electrons. The Kier molecular flexibility index (Phi) is 12.1. The molecule has 1 N–H and O–H groups in total. The zero-order valence-electron chi connectivity index (χ0n) is 25.9. The van der Waals surface area contributed by atoms with Gasteiger partial charge in [0.05, 0.1) is 17.7 Å². The molecule has 2 atom stereocenters. The fourth-order valence-corrected chi connectivity index (χ4v) is 6.53. The second-order valence-electron chi connectivity index (χ2n) is 10.8. The quantitative estimate of drug-likeness (QED) is 0.159. The number of ether oxygens (including phenoxy) is 1. The van der Waals surface area contributed by atoms with Crippen LogP contribution < -0.4 is 14.4 Å². The summed E-state index contributed by atoms with van der Waals surface area (Å²) in [4.78, 5) is 29.8. The van der Waals surface area contributed by atoms with Gasteiger partial charge in [-0.25, -0.2) is 8.42 Å². The van der Waals surface area contributed by atoms with E-state index < -0.39 is 28.5 Å². The lowest BCUT2D eigenvalue weighted by atomic mass is 10.0. The summed E-state index contributed by atoms with van der Waals surface area (Å²) in [5.74, 6) is -0.436. The number of amides is 2. The Bertz CT molecular complexity index is 1720. The number of benzene rings is 4. The van der Waals surface area contributed by atoms with E-state index in [2.05, 4.69) is 5.32 Å². The van der Waals surface area contributed by atoms with Gasteiger partial charge in [-0.2, -0.15) is 0 Å². The molecule has 0 aliphatic rings. The van der Waals surface area contributed by atoms with Gasteiger partial charge in [-0.1, -0.05) is 78.7 Å². The third-order valence-corrected chi connectivity index (χ3v) is 9.84. The summed E-state index contributed by atoms with van der Waals surface area (Å²) in [7, 11) is -2.79. The molecule has 0 aromatic heterocycles. The van der Waals surface area contributed by atoms with Crippen LogP contribution in [0.2, 0.25) is 10.0 Å². The van der Waals surface area contributed by atoms with Crippen molar-refractivity contribution in [2.24, 2.45) is 0 Å². The minimum atomic E-state index is -4.28. The Morgan fingerprint density at radius 2 is 1.52 bits per heavy atom. The van der Waals surface area contributed by atoms with Crippen LogP contribution in [0.25, 0.3) is 0 Å². The van der Waals surface area contributed by atoms with Gasteiger partial charge in [-0.15, -0.1) is 0 Å². The molecule has 4 aromatic rings. The van der Waals surface area contributed by atoms with Crippen LogP contribution in [0.15, 0.2) is 108 Å². The van der Waals surface area contributed by atoms with Gasteiger partial charge in [0, 0.05) is 29.1 Å². The molecule has 46 heavy (non-hydrogen) atoms. The highest BCUT2D eigenvalue weighted by Crippen LogP contribution is 2.28. The summed E-state index contributed by atoms with van der Waals surface area (Å²) < 4.78 is 34.5. The van der Waals surface area contributed by atoms with Crippen molar-refractivity contribution in [1.29, 1.82) is 0 Å². The lowest BCUT2D eigenvalue weighted by Gasteiger charge is -2.34. The van der Waals surface area contributed by atoms with Gasteiger partial charge in [0.15, 0.2) is 0 Å². The summed E-state index contributed by atoms with van der Waals surface area (Å²) in [6, 6.07) is 27.4. The zero-order valence-corrected chi connectivity index (χ0v) is 28.2. The van der Waals surface area contributed by atoms with Crippen LogP contribution in [0.5, 0.6) is 5.75 Å². The van der Waals surface area contributed by atoms with E-state index in [4.69, 9.17) is 27.9 Å². The summed E-state index contributed by atoms with van der Waals surface area (Å²) in [5, 5.41) is 3.85. The molecule has 0 bridgehead atoms. The van der Waals surface area contributed by atoms with Crippen LogP contribution in [0.4, 0.5) is 5.69 Å². The van der Waals surface area contributed by atoms with E-state index in [1.165, 1.54) is 42.3 Å². The van der Waals surface area contributed by atoms with Crippen molar-refractivity contribution in [3.05, 3.63) is 124 Å². The highest BCUT2D eigenvalue weighted by Gasteiger charge is 2.35. The topological polar surface area (TPSA) is 96.0 Å². The van der Waals surface area contributed by atoms with Gasteiger partial charge >= 0.3 is 0 Å². The van der Waals surface area contributed by atoms with Gasteiger partial charge in [0.2, 0.25) is 11.8 Å². The van der Waals surface area contributed by atoms with Gasteiger partial charge in [-0.3, -0.25) is 13.9 Å². The Morgan fingerprint density at radius 1 is 0.848 bits per heavy atom. The van der Waals surface area contributed by atoms with E-state index in [9.17, 15) is 18.0 Å². The predicted octanol–water partition coefficient (Wildman–Crippen LogP) is 6.75. The second-order valence-corrected chi connectivity index (χ2v) is 13.6. The number of anilines is 1. The SMILES string of the molecule is CC[C@H](C)NC(=O)[C@H](Cc1ccccc1)N(Cc1ccc(Cl)cc1)C(=O)CN(c1cccc(Cl)c1)S(=O)(=O)c1ccc(OC)cc1. The van der Waals surface area contributed by atoms with Gasteiger partial charge in [-0.05, 0) is 79.1 Å². The number of carbonyl (C=O) groups excluding carboxylic acids is 2. The Hall–Kier alpha value is -4.05. The monoisotopic (exact) mass is 681 g/mol. The van der Waals surface area contributed by atoms with Crippen molar-refractivity contribution < 1.29 is 22.7 Å². The highest BCUT2D eigenvalue weighted by molar-refractivity contribution is 7.92. The smallest absolute Gasteiger partial charge is 0.264 e. The van der Waals surface area contributed by atoms with E-state index in [1.54, 1.807) is 42.5 Å². The summed E-state index contributed by atoms with van der Waals surface area (Å²) in [5.41, 5.74) is 1.77. The maximum absolute atomic E-state index is 14.5. The lowest BCUT2D eigenvalue weighted by molar-refractivity contribution is -0.140. The summed E-state index contributed by atoms with van der Waals surface area (Å²) in [6.45, 7) is 3.30. The third kappa shape index (κ3) is 9.02. The first-order chi connectivity index (χ1) is 22.0. The molecule has 0 aliphatic carbocycles. The number of halogens is 2. The molecule has 4 rings (SSSR count). The molecule has 0 spiro atoms. The van der Waals surface area contributed by atoms with Crippen molar-refractivity contribution in [2.45, 2.75) is 50.2 Å². The van der Waals surface area contributed by atoms with Crippen molar-refractivity contribution in [1.82, 2.24) is 10.2 Å². The minimum absolute atomic E-state index is 0.0351. The lowest BCUT2D eigenvalue weighted by Crippen LogP contribution is -2.54. The first-order valence-corrected chi connectivity index (χ1v) is 17.0. The minimum Gasteiger partial charge on any atom is -0.497 e. The molecular weight excluding hydrogens is 645 g/mol. The largest absolute Gasteiger partial charge is 0.497 e. The number of nitrogens with zero attached hydrogens (tertiary/aromatic N) is 2. The first-order valence-electron chi connectivity index (χ1n) is 14.8. The van der Waals surface area contributed by atoms with Crippen molar-refractivity contribution >= 4 is 50.7 Å². The van der Waals surface area contributed by atoms with E-state index in [-0.39, 0.29) is 35.5 Å². The number of nitrogens with one attached hydrogen (secondary N) is 1. The van der Waals surface area contributed by atoms with Crippen molar-refractivity contribution in [2.75, 3.05) is 18.0 Å². The molecule has 8 nitrogen and oxygen atoms in total. The molecule has 0 saturated heterocycles. The molecule has 2 amide bonds. The van der Waals surface area contributed by atoms with Crippen LogP contribution in [0.3, 0.4) is 0 Å². The molecule has 11 heteroatoms. The van der Waals surface area contributed by atoms with Gasteiger partial charge in [0.1, 0.15) is 18.3 Å². The second kappa shape index (κ2) is 16.0. The number of rotatable bonds is 14.